The van der Waals surface area contributed by atoms with Crippen LogP contribution in [0.3, 0.4) is 0 Å². The SMILES string of the molecule is CCCNCCNC1(C)CCCC1. The summed E-state index contributed by atoms with van der Waals surface area (Å²) in [6.07, 6.45) is 6.77. The predicted octanol–water partition coefficient (Wildman–Crippen LogP) is 1.91. The number of hydrogen-bond acceptors (Lipinski definition) is 2. The summed E-state index contributed by atoms with van der Waals surface area (Å²) < 4.78 is 0. The second-order valence-corrected chi connectivity index (χ2v) is 4.44. The summed E-state index contributed by atoms with van der Waals surface area (Å²) >= 11 is 0. The molecule has 1 fully saturated rings. The van der Waals surface area contributed by atoms with E-state index in [0.717, 1.165) is 19.6 Å². The maximum absolute atomic E-state index is 3.65. The van der Waals surface area contributed by atoms with E-state index >= 15 is 0 Å². The number of rotatable bonds is 6. The third kappa shape index (κ3) is 4.10. The van der Waals surface area contributed by atoms with E-state index in [0.29, 0.717) is 5.54 Å². The van der Waals surface area contributed by atoms with Gasteiger partial charge in [-0.15, -0.1) is 0 Å². The van der Waals surface area contributed by atoms with Crippen molar-refractivity contribution in [2.45, 2.75) is 51.5 Å². The van der Waals surface area contributed by atoms with Crippen molar-refractivity contribution in [2.24, 2.45) is 0 Å². The van der Waals surface area contributed by atoms with Crippen molar-refractivity contribution in [2.75, 3.05) is 19.6 Å². The smallest absolute Gasteiger partial charge is 0.0153 e. The van der Waals surface area contributed by atoms with Crippen molar-refractivity contribution in [3.05, 3.63) is 0 Å². The standard InChI is InChI=1S/C11H24N2/c1-3-8-12-9-10-13-11(2)6-4-5-7-11/h12-13H,3-10H2,1-2H3. The first kappa shape index (κ1) is 11.0. The van der Waals surface area contributed by atoms with Crippen molar-refractivity contribution in [3.63, 3.8) is 0 Å². The molecule has 0 unspecified atom stereocenters. The second kappa shape index (κ2) is 5.61. The molecule has 1 saturated carbocycles. The molecule has 13 heavy (non-hydrogen) atoms. The van der Waals surface area contributed by atoms with Gasteiger partial charge in [-0.1, -0.05) is 19.8 Å². The normalized spacial score (nSPS) is 20.8. The Morgan fingerprint density at radius 1 is 1.08 bits per heavy atom. The summed E-state index contributed by atoms with van der Waals surface area (Å²) in [5, 5.41) is 7.07. The quantitative estimate of drug-likeness (QED) is 0.616. The van der Waals surface area contributed by atoms with Crippen LogP contribution in [0.1, 0.15) is 46.0 Å². The third-order valence-corrected chi connectivity index (χ3v) is 2.99. The molecule has 0 aromatic rings. The highest BCUT2D eigenvalue weighted by atomic mass is 15.0. The van der Waals surface area contributed by atoms with Gasteiger partial charge in [0.1, 0.15) is 0 Å². The topological polar surface area (TPSA) is 24.1 Å². The molecule has 0 bridgehead atoms. The Labute approximate surface area is 82.5 Å². The summed E-state index contributed by atoms with van der Waals surface area (Å²) in [5.74, 6) is 0. The van der Waals surface area contributed by atoms with E-state index in [1.165, 1.54) is 32.1 Å². The fourth-order valence-electron chi connectivity index (χ4n) is 2.09. The van der Waals surface area contributed by atoms with Gasteiger partial charge in [-0.3, -0.25) is 0 Å². The van der Waals surface area contributed by atoms with E-state index in [1.807, 2.05) is 0 Å². The van der Waals surface area contributed by atoms with Gasteiger partial charge in [0.05, 0.1) is 0 Å². The Kier molecular flexibility index (Phi) is 4.74. The van der Waals surface area contributed by atoms with Gasteiger partial charge in [-0.25, -0.2) is 0 Å². The number of nitrogens with one attached hydrogen (secondary N) is 2. The Hall–Kier alpha value is -0.0800. The Balaban J connectivity index is 1.98. The summed E-state index contributed by atoms with van der Waals surface area (Å²) in [6.45, 7) is 7.96. The summed E-state index contributed by atoms with van der Waals surface area (Å²) in [4.78, 5) is 0. The lowest BCUT2D eigenvalue weighted by Crippen LogP contribution is -2.43. The van der Waals surface area contributed by atoms with Crippen LogP contribution in [0, 0.1) is 0 Å². The van der Waals surface area contributed by atoms with Crippen LogP contribution in [0.2, 0.25) is 0 Å². The first-order valence-electron chi connectivity index (χ1n) is 5.72. The monoisotopic (exact) mass is 184 g/mol. The molecule has 1 aliphatic rings. The molecular formula is C11H24N2. The lowest BCUT2D eigenvalue weighted by Gasteiger charge is -2.25. The molecule has 1 aliphatic carbocycles. The molecule has 2 N–H and O–H groups in total. The van der Waals surface area contributed by atoms with Crippen LogP contribution < -0.4 is 10.6 Å². The molecule has 0 heterocycles. The van der Waals surface area contributed by atoms with Crippen LogP contribution in [-0.2, 0) is 0 Å². The summed E-state index contributed by atoms with van der Waals surface area (Å²) in [7, 11) is 0. The second-order valence-electron chi connectivity index (χ2n) is 4.44. The summed E-state index contributed by atoms with van der Waals surface area (Å²) in [5.41, 5.74) is 0.452. The van der Waals surface area contributed by atoms with Gasteiger partial charge in [-0.2, -0.15) is 0 Å². The van der Waals surface area contributed by atoms with Crippen molar-refractivity contribution in [1.29, 1.82) is 0 Å². The molecule has 0 aromatic heterocycles. The highest BCUT2D eigenvalue weighted by molar-refractivity contribution is 4.87. The minimum Gasteiger partial charge on any atom is -0.315 e. The molecule has 2 heteroatoms. The lowest BCUT2D eigenvalue weighted by atomic mass is 10.0. The molecule has 0 radical (unpaired) electrons. The highest BCUT2D eigenvalue weighted by Gasteiger charge is 2.26. The van der Waals surface area contributed by atoms with E-state index in [1.54, 1.807) is 0 Å². The van der Waals surface area contributed by atoms with Crippen LogP contribution in [0.5, 0.6) is 0 Å². The maximum atomic E-state index is 3.65. The van der Waals surface area contributed by atoms with E-state index < -0.39 is 0 Å². The zero-order chi connectivity index (χ0) is 9.57. The van der Waals surface area contributed by atoms with Gasteiger partial charge >= 0.3 is 0 Å². The fraction of sp³-hybridized carbons (Fsp3) is 1.00. The van der Waals surface area contributed by atoms with Crippen molar-refractivity contribution in [1.82, 2.24) is 10.6 Å². The van der Waals surface area contributed by atoms with Gasteiger partial charge in [0.25, 0.3) is 0 Å². The minimum absolute atomic E-state index is 0.452. The van der Waals surface area contributed by atoms with Crippen LogP contribution in [0.25, 0.3) is 0 Å². The van der Waals surface area contributed by atoms with Gasteiger partial charge in [-0.05, 0) is 32.7 Å². The third-order valence-electron chi connectivity index (χ3n) is 2.99. The summed E-state index contributed by atoms with van der Waals surface area (Å²) in [6, 6.07) is 0. The first-order valence-corrected chi connectivity index (χ1v) is 5.72. The molecule has 1 rings (SSSR count). The highest BCUT2D eigenvalue weighted by Crippen LogP contribution is 2.28. The van der Waals surface area contributed by atoms with Crippen LogP contribution >= 0.6 is 0 Å². The Morgan fingerprint density at radius 3 is 2.38 bits per heavy atom. The maximum Gasteiger partial charge on any atom is 0.0153 e. The molecule has 0 aliphatic heterocycles. The zero-order valence-corrected chi connectivity index (χ0v) is 9.16. The number of hydrogen-bond donors (Lipinski definition) is 2. The van der Waals surface area contributed by atoms with E-state index in [9.17, 15) is 0 Å². The molecular weight excluding hydrogens is 160 g/mol. The van der Waals surface area contributed by atoms with E-state index in [-0.39, 0.29) is 0 Å². The Bertz CT molecular complexity index is 128. The van der Waals surface area contributed by atoms with Crippen LogP contribution in [0.15, 0.2) is 0 Å². The Morgan fingerprint density at radius 2 is 1.77 bits per heavy atom. The van der Waals surface area contributed by atoms with Crippen LogP contribution in [-0.4, -0.2) is 25.2 Å². The van der Waals surface area contributed by atoms with Gasteiger partial charge in [0.15, 0.2) is 0 Å². The van der Waals surface area contributed by atoms with Crippen molar-refractivity contribution < 1.29 is 0 Å². The van der Waals surface area contributed by atoms with Crippen LogP contribution in [0.4, 0.5) is 0 Å². The largest absolute Gasteiger partial charge is 0.315 e. The molecule has 0 spiro atoms. The van der Waals surface area contributed by atoms with Crippen molar-refractivity contribution in [3.8, 4) is 0 Å². The van der Waals surface area contributed by atoms with E-state index in [2.05, 4.69) is 24.5 Å². The molecule has 0 amide bonds. The van der Waals surface area contributed by atoms with Crippen molar-refractivity contribution >= 4 is 0 Å². The predicted molar refractivity (Wildman–Crippen MR) is 58.0 cm³/mol. The van der Waals surface area contributed by atoms with E-state index in [4.69, 9.17) is 0 Å². The minimum atomic E-state index is 0.452. The van der Waals surface area contributed by atoms with Gasteiger partial charge in [0.2, 0.25) is 0 Å². The zero-order valence-electron chi connectivity index (χ0n) is 9.16. The lowest BCUT2D eigenvalue weighted by molar-refractivity contribution is 0.364. The average Bonchev–Trinajstić information content (AvgIpc) is 2.53. The van der Waals surface area contributed by atoms with Gasteiger partial charge < -0.3 is 10.6 Å². The average molecular weight is 184 g/mol. The first-order chi connectivity index (χ1) is 6.27. The molecule has 78 valence electrons. The molecule has 0 atom stereocenters. The fourth-order valence-corrected chi connectivity index (χ4v) is 2.09. The molecule has 0 saturated heterocycles. The van der Waals surface area contributed by atoms with Gasteiger partial charge in [0, 0.05) is 18.6 Å². The molecule has 2 nitrogen and oxygen atoms in total. The molecule has 0 aromatic carbocycles.